The van der Waals surface area contributed by atoms with Crippen LogP contribution in [-0.4, -0.2) is 50.3 Å². The molecule has 1 aliphatic heterocycles. The van der Waals surface area contributed by atoms with Crippen molar-refractivity contribution in [3.05, 3.63) is 29.8 Å². The van der Waals surface area contributed by atoms with E-state index in [9.17, 15) is 13.6 Å². The summed E-state index contributed by atoms with van der Waals surface area (Å²) in [6, 6.07) is 5.28. The Morgan fingerprint density at radius 2 is 2.10 bits per heavy atom. The molecular weight excluding hydrogens is 282 g/mol. The smallest absolute Gasteiger partial charge is 0.349 e. The Morgan fingerprint density at radius 1 is 1.38 bits per heavy atom. The second-order valence-corrected chi connectivity index (χ2v) is 4.77. The lowest BCUT2D eigenvalue weighted by atomic mass is 10.1. The van der Waals surface area contributed by atoms with E-state index < -0.39 is 17.4 Å². The standard InChI is InChI=1S/C14H18F2N2O3/c15-14(16,13(17)19)11-2-1-3-12(10-11)21-9-6-18-4-7-20-8-5-18/h1-3,10H,4-9H2,(H2,17,19). The van der Waals surface area contributed by atoms with Crippen molar-refractivity contribution in [1.29, 1.82) is 0 Å². The monoisotopic (exact) mass is 300 g/mol. The van der Waals surface area contributed by atoms with Crippen molar-refractivity contribution in [3.63, 3.8) is 0 Å². The number of nitrogens with zero attached hydrogens (tertiary/aromatic N) is 1. The van der Waals surface area contributed by atoms with Crippen molar-refractivity contribution in [1.82, 2.24) is 4.90 Å². The van der Waals surface area contributed by atoms with Gasteiger partial charge in [0.2, 0.25) is 0 Å². The molecule has 0 saturated carbocycles. The molecule has 0 unspecified atom stereocenters. The zero-order valence-corrected chi connectivity index (χ0v) is 11.6. The lowest BCUT2D eigenvalue weighted by Crippen LogP contribution is -2.38. The van der Waals surface area contributed by atoms with Gasteiger partial charge in [0, 0.05) is 25.2 Å². The Bertz CT molecular complexity index is 491. The number of carbonyl (C=O) groups is 1. The largest absolute Gasteiger partial charge is 0.492 e. The van der Waals surface area contributed by atoms with Crippen LogP contribution in [0.4, 0.5) is 8.78 Å². The summed E-state index contributed by atoms with van der Waals surface area (Å²) in [6.45, 7) is 4.14. The molecule has 0 radical (unpaired) electrons. The molecule has 0 spiro atoms. The topological polar surface area (TPSA) is 64.8 Å². The maximum Gasteiger partial charge on any atom is 0.349 e. The number of nitrogens with two attached hydrogens (primary N) is 1. The predicted molar refractivity (Wildman–Crippen MR) is 72.3 cm³/mol. The van der Waals surface area contributed by atoms with Gasteiger partial charge >= 0.3 is 5.92 Å². The summed E-state index contributed by atoms with van der Waals surface area (Å²) in [7, 11) is 0. The molecule has 1 fully saturated rings. The second-order valence-electron chi connectivity index (χ2n) is 4.77. The second kappa shape index (κ2) is 6.82. The Kier molecular flexibility index (Phi) is 5.08. The molecule has 1 amide bonds. The Hall–Kier alpha value is -1.73. The number of carbonyl (C=O) groups excluding carboxylic acids is 1. The van der Waals surface area contributed by atoms with Crippen molar-refractivity contribution in [2.75, 3.05) is 39.5 Å². The molecule has 0 aromatic heterocycles. The van der Waals surface area contributed by atoms with Crippen LogP contribution in [0.2, 0.25) is 0 Å². The van der Waals surface area contributed by atoms with Crippen LogP contribution in [0, 0.1) is 0 Å². The highest BCUT2D eigenvalue weighted by Crippen LogP contribution is 2.29. The highest BCUT2D eigenvalue weighted by molar-refractivity contribution is 5.83. The molecule has 1 aromatic carbocycles. The minimum absolute atomic E-state index is 0.293. The molecule has 0 atom stereocenters. The first-order chi connectivity index (χ1) is 10.00. The van der Waals surface area contributed by atoms with E-state index >= 15 is 0 Å². The fourth-order valence-electron chi connectivity index (χ4n) is 2.04. The summed E-state index contributed by atoms with van der Waals surface area (Å²) < 4.78 is 37.7. The average molecular weight is 300 g/mol. The molecule has 1 aliphatic rings. The fraction of sp³-hybridized carbons (Fsp3) is 0.500. The highest BCUT2D eigenvalue weighted by Gasteiger charge is 2.38. The van der Waals surface area contributed by atoms with Crippen molar-refractivity contribution < 1.29 is 23.0 Å². The maximum atomic E-state index is 13.5. The van der Waals surface area contributed by atoms with Gasteiger partial charge in [0.15, 0.2) is 0 Å². The summed E-state index contributed by atoms with van der Waals surface area (Å²) in [5.41, 5.74) is 4.24. The van der Waals surface area contributed by atoms with Crippen LogP contribution in [0.5, 0.6) is 5.75 Å². The van der Waals surface area contributed by atoms with Gasteiger partial charge in [-0.3, -0.25) is 9.69 Å². The van der Waals surface area contributed by atoms with Crippen LogP contribution in [0.1, 0.15) is 5.56 Å². The van der Waals surface area contributed by atoms with Crippen LogP contribution in [0.3, 0.4) is 0 Å². The van der Waals surface area contributed by atoms with Gasteiger partial charge in [-0.2, -0.15) is 8.78 Å². The SMILES string of the molecule is NC(=O)C(F)(F)c1cccc(OCCN2CCOCC2)c1. The van der Waals surface area contributed by atoms with Gasteiger partial charge in [-0.15, -0.1) is 0 Å². The first-order valence-electron chi connectivity index (χ1n) is 6.71. The number of alkyl halides is 2. The third-order valence-electron chi connectivity index (χ3n) is 3.29. The van der Waals surface area contributed by atoms with Gasteiger partial charge in [0.1, 0.15) is 12.4 Å². The number of hydrogen-bond donors (Lipinski definition) is 1. The lowest BCUT2D eigenvalue weighted by Gasteiger charge is -2.26. The summed E-state index contributed by atoms with van der Waals surface area (Å²) in [6.07, 6.45) is 0. The predicted octanol–water partition coefficient (Wildman–Crippen LogP) is 0.975. The van der Waals surface area contributed by atoms with Gasteiger partial charge in [-0.05, 0) is 12.1 Å². The van der Waals surface area contributed by atoms with E-state index in [4.69, 9.17) is 15.2 Å². The number of primary amides is 1. The summed E-state index contributed by atoms with van der Waals surface area (Å²) >= 11 is 0. The minimum atomic E-state index is -3.69. The van der Waals surface area contributed by atoms with Gasteiger partial charge in [0.05, 0.1) is 13.2 Å². The number of ether oxygens (including phenoxy) is 2. The molecule has 5 nitrogen and oxygen atoms in total. The van der Waals surface area contributed by atoms with E-state index in [2.05, 4.69) is 4.90 Å². The minimum Gasteiger partial charge on any atom is -0.492 e. The zero-order chi connectivity index (χ0) is 15.3. The van der Waals surface area contributed by atoms with Crippen molar-refractivity contribution in [3.8, 4) is 5.75 Å². The van der Waals surface area contributed by atoms with Gasteiger partial charge in [-0.25, -0.2) is 0 Å². The molecule has 21 heavy (non-hydrogen) atoms. The van der Waals surface area contributed by atoms with Gasteiger partial charge < -0.3 is 15.2 Å². The molecular formula is C14H18F2N2O3. The van der Waals surface area contributed by atoms with E-state index in [1.807, 2.05) is 0 Å². The fourth-order valence-corrected chi connectivity index (χ4v) is 2.04. The van der Waals surface area contributed by atoms with E-state index in [1.165, 1.54) is 6.07 Å². The third-order valence-corrected chi connectivity index (χ3v) is 3.29. The summed E-state index contributed by atoms with van der Waals surface area (Å²) in [5.74, 6) is -5.07. The van der Waals surface area contributed by atoms with Crippen LogP contribution in [0.15, 0.2) is 24.3 Å². The third kappa shape index (κ3) is 4.12. The van der Waals surface area contributed by atoms with Gasteiger partial charge in [-0.1, -0.05) is 12.1 Å². The number of morpholine rings is 1. The van der Waals surface area contributed by atoms with Gasteiger partial charge in [0.25, 0.3) is 5.91 Å². The Balaban J connectivity index is 1.90. The molecule has 2 N–H and O–H groups in total. The van der Waals surface area contributed by atoms with E-state index in [1.54, 1.807) is 6.07 Å². The first-order valence-corrected chi connectivity index (χ1v) is 6.71. The Labute approximate surface area is 121 Å². The number of hydrogen-bond acceptors (Lipinski definition) is 4. The van der Waals surface area contributed by atoms with Crippen molar-refractivity contribution in [2.24, 2.45) is 5.73 Å². The summed E-state index contributed by atoms with van der Waals surface area (Å²) in [4.78, 5) is 12.9. The van der Waals surface area contributed by atoms with Crippen LogP contribution < -0.4 is 10.5 Å². The van der Waals surface area contributed by atoms with E-state index in [-0.39, 0.29) is 0 Å². The molecule has 116 valence electrons. The Morgan fingerprint density at radius 3 is 2.76 bits per heavy atom. The first kappa shape index (κ1) is 15.7. The number of amides is 1. The lowest BCUT2D eigenvalue weighted by molar-refractivity contribution is -0.143. The zero-order valence-electron chi connectivity index (χ0n) is 11.6. The van der Waals surface area contributed by atoms with Crippen molar-refractivity contribution >= 4 is 5.91 Å². The molecule has 1 saturated heterocycles. The molecule has 1 aromatic rings. The molecule has 0 aliphatic carbocycles. The molecule has 0 bridgehead atoms. The molecule has 2 rings (SSSR count). The van der Waals surface area contributed by atoms with Crippen LogP contribution >= 0.6 is 0 Å². The molecule has 7 heteroatoms. The number of rotatable bonds is 6. The quantitative estimate of drug-likeness (QED) is 0.850. The van der Waals surface area contributed by atoms with Crippen LogP contribution in [-0.2, 0) is 15.5 Å². The van der Waals surface area contributed by atoms with E-state index in [0.717, 1.165) is 25.2 Å². The number of halogens is 2. The average Bonchev–Trinajstić information content (AvgIpc) is 2.48. The van der Waals surface area contributed by atoms with Crippen molar-refractivity contribution in [2.45, 2.75) is 5.92 Å². The highest BCUT2D eigenvalue weighted by atomic mass is 19.3. The van der Waals surface area contributed by atoms with E-state index in [0.29, 0.717) is 32.1 Å². The normalized spacial score (nSPS) is 16.7. The summed E-state index contributed by atoms with van der Waals surface area (Å²) in [5, 5.41) is 0. The molecule has 1 heterocycles. The maximum absolute atomic E-state index is 13.5. The van der Waals surface area contributed by atoms with Crippen LogP contribution in [0.25, 0.3) is 0 Å². The number of benzene rings is 1.